The van der Waals surface area contributed by atoms with Gasteiger partial charge in [-0.25, -0.2) is 0 Å². The molecule has 1 rings (SSSR count). The van der Waals surface area contributed by atoms with Gasteiger partial charge in [0.2, 0.25) is 0 Å². The van der Waals surface area contributed by atoms with Crippen LogP contribution in [0.5, 0.6) is 0 Å². The monoisotopic (exact) mass is 169 g/mol. The maximum Gasteiger partial charge on any atom is 0.374 e. The standard InChI is InChI=1S/C4H8FNO3S/c5-10(8,9)6-2-1-4(7)3-6/h4,7H,1-3H2/t4-/m0/s1. The van der Waals surface area contributed by atoms with Crippen molar-refractivity contribution in [2.75, 3.05) is 13.1 Å². The summed E-state index contributed by atoms with van der Waals surface area (Å²) >= 11 is 0. The average Bonchev–Trinajstić information content (AvgIpc) is 2.11. The molecule has 0 aliphatic carbocycles. The molecule has 1 heterocycles. The van der Waals surface area contributed by atoms with E-state index in [1.165, 1.54) is 0 Å². The second-order valence-electron chi connectivity index (χ2n) is 2.24. The van der Waals surface area contributed by atoms with E-state index in [1.54, 1.807) is 0 Å². The third-order valence-electron chi connectivity index (χ3n) is 1.43. The van der Waals surface area contributed by atoms with Crippen LogP contribution in [0.3, 0.4) is 0 Å². The van der Waals surface area contributed by atoms with E-state index < -0.39 is 16.5 Å². The van der Waals surface area contributed by atoms with Crippen molar-refractivity contribution in [3.8, 4) is 0 Å². The summed E-state index contributed by atoms with van der Waals surface area (Å²) < 4.78 is 32.9. The molecule has 1 saturated heterocycles. The lowest BCUT2D eigenvalue weighted by atomic mass is 10.3. The number of rotatable bonds is 1. The molecule has 0 bridgehead atoms. The third-order valence-corrected chi connectivity index (χ3v) is 2.38. The van der Waals surface area contributed by atoms with E-state index in [2.05, 4.69) is 0 Å². The predicted molar refractivity (Wildman–Crippen MR) is 32.2 cm³/mol. The van der Waals surface area contributed by atoms with Gasteiger partial charge in [0.05, 0.1) is 6.10 Å². The highest BCUT2D eigenvalue weighted by Crippen LogP contribution is 2.13. The Balaban J connectivity index is 2.62. The Hall–Kier alpha value is -0.200. The van der Waals surface area contributed by atoms with Crippen LogP contribution >= 0.6 is 0 Å². The molecule has 0 aromatic rings. The summed E-state index contributed by atoms with van der Waals surface area (Å²) in [5, 5.41) is 8.79. The topological polar surface area (TPSA) is 57.6 Å². The molecule has 1 aliphatic heterocycles. The molecule has 0 unspecified atom stereocenters. The van der Waals surface area contributed by atoms with E-state index in [0.29, 0.717) is 10.7 Å². The highest BCUT2D eigenvalue weighted by atomic mass is 32.3. The molecule has 1 fully saturated rings. The van der Waals surface area contributed by atoms with Crippen LogP contribution in [0.1, 0.15) is 6.42 Å². The fourth-order valence-corrected chi connectivity index (χ4v) is 1.58. The summed E-state index contributed by atoms with van der Waals surface area (Å²) in [7, 11) is -4.56. The van der Waals surface area contributed by atoms with E-state index in [4.69, 9.17) is 5.11 Å². The van der Waals surface area contributed by atoms with Crippen LogP contribution in [0.4, 0.5) is 3.89 Å². The van der Waals surface area contributed by atoms with Gasteiger partial charge in [-0.15, -0.1) is 0 Å². The van der Waals surface area contributed by atoms with Gasteiger partial charge in [0.25, 0.3) is 0 Å². The number of hydrogen-bond donors (Lipinski definition) is 1. The molecular formula is C4H8FNO3S. The quantitative estimate of drug-likeness (QED) is 0.526. The number of aliphatic hydroxyl groups excluding tert-OH is 1. The lowest BCUT2D eigenvalue weighted by molar-refractivity contribution is 0.188. The smallest absolute Gasteiger partial charge is 0.374 e. The zero-order valence-corrected chi connectivity index (χ0v) is 6.01. The van der Waals surface area contributed by atoms with Crippen molar-refractivity contribution in [1.29, 1.82) is 0 Å². The Labute approximate surface area is 58.6 Å². The summed E-state index contributed by atoms with van der Waals surface area (Å²) in [6.07, 6.45) is -0.381. The van der Waals surface area contributed by atoms with E-state index in [1.807, 2.05) is 0 Å². The fraction of sp³-hybridized carbons (Fsp3) is 1.00. The van der Waals surface area contributed by atoms with Gasteiger partial charge in [-0.3, -0.25) is 0 Å². The largest absolute Gasteiger partial charge is 0.392 e. The SMILES string of the molecule is O=S(=O)(F)N1CC[C@H](O)C1. The average molecular weight is 169 g/mol. The molecule has 60 valence electrons. The number of β-amino-alcohol motifs (C(OH)–C–C–N with tert-alkyl or cyclic N) is 1. The van der Waals surface area contributed by atoms with Crippen LogP contribution in [0.2, 0.25) is 0 Å². The molecule has 0 saturated carbocycles. The van der Waals surface area contributed by atoms with Gasteiger partial charge < -0.3 is 5.11 Å². The van der Waals surface area contributed by atoms with Gasteiger partial charge >= 0.3 is 10.4 Å². The number of aliphatic hydroxyl groups is 1. The van der Waals surface area contributed by atoms with Gasteiger partial charge in [-0.2, -0.15) is 12.7 Å². The van der Waals surface area contributed by atoms with Gasteiger partial charge in [0, 0.05) is 13.1 Å². The molecule has 0 spiro atoms. The Morgan fingerprint density at radius 1 is 1.60 bits per heavy atom. The molecule has 6 heteroatoms. The predicted octanol–water partition coefficient (Wildman–Crippen LogP) is -0.733. The Morgan fingerprint density at radius 3 is 2.40 bits per heavy atom. The zero-order chi connectivity index (χ0) is 7.78. The number of nitrogens with zero attached hydrogens (tertiary/aromatic N) is 1. The third kappa shape index (κ3) is 1.65. The fourth-order valence-electron chi connectivity index (χ4n) is 0.909. The maximum absolute atomic E-state index is 12.1. The van der Waals surface area contributed by atoms with Crippen LogP contribution < -0.4 is 0 Å². The van der Waals surface area contributed by atoms with Gasteiger partial charge in [-0.05, 0) is 6.42 Å². The Bertz CT molecular complexity index is 215. The second-order valence-corrected chi connectivity index (χ2v) is 3.58. The minimum Gasteiger partial charge on any atom is -0.392 e. The van der Waals surface area contributed by atoms with Crippen LogP contribution in [0.25, 0.3) is 0 Å². The summed E-state index contributed by atoms with van der Waals surface area (Å²) in [4.78, 5) is 0. The molecule has 1 aliphatic rings. The van der Waals surface area contributed by atoms with Crippen LogP contribution in [-0.4, -0.2) is 37.0 Å². The lowest BCUT2D eigenvalue weighted by Crippen LogP contribution is -2.25. The zero-order valence-electron chi connectivity index (χ0n) is 5.20. The molecular weight excluding hydrogens is 161 g/mol. The summed E-state index contributed by atoms with van der Waals surface area (Å²) in [6, 6.07) is 0. The van der Waals surface area contributed by atoms with E-state index in [-0.39, 0.29) is 13.1 Å². The molecule has 1 N–H and O–H groups in total. The highest BCUT2D eigenvalue weighted by Gasteiger charge is 2.29. The van der Waals surface area contributed by atoms with Crippen molar-refractivity contribution in [2.45, 2.75) is 12.5 Å². The van der Waals surface area contributed by atoms with E-state index >= 15 is 0 Å². The van der Waals surface area contributed by atoms with Crippen LogP contribution in [0, 0.1) is 0 Å². The first-order valence-corrected chi connectivity index (χ1v) is 4.22. The van der Waals surface area contributed by atoms with E-state index in [0.717, 1.165) is 0 Å². The van der Waals surface area contributed by atoms with Crippen LogP contribution in [0.15, 0.2) is 0 Å². The number of halogens is 1. The molecule has 10 heavy (non-hydrogen) atoms. The normalized spacial score (nSPS) is 29.2. The lowest BCUT2D eigenvalue weighted by Gasteiger charge is -2.06. The van der Waals surface area contributed by atoms with Gasteiger partial charge in [0.15, 0.2) is 0 Å². The number of hydrogen-bond acceptors (Lipinski definition) is 3. The minimum atomic E-state index is -4.56. The molecule has 0 aromatic carbocycles. The van der Waals surface area contributed by atoms with Crippen molar-refractivity contribution in [2.24, 2.45) is 0 Å². The summed E-state index contributed by atoms with van der Waals surface area (Å²) in [5.74, 6) is 0. The van der Waals surface area contributed by atoms with Gasteiger partial charge in [0.1, 0.15) is 0 Å². The molecule has 0 amide bonds. The van der Waals surface area contributed by atoms with Crippen molar-refractivity contribution in [3.05, 3.63) is 0 Å². The van der Waals surface area contributed by atoms with Gasteiger partial charge in [-0.1, -0.05) is 3.89 Å². The second kappa shape index (κ2) is 2.44. The maximum atomic E-state index is 12.1. The summed E-state index contributed by atoms with van der Waals surface area (Å²) in [5.41, 5.74) is 0. The first-order chi connectivity index (χ1) is 4.50. The van der Waals surface area contributed by atoms with Crippen molar-refractivity contribution in [1.82, 2.24) is 4.31 Å². The van der Waals surface area contributed by atoms with E-state index in [9.17, 15) is 12.3 Å². The van der Waals surface area contributed by atoms with Crippen molar-refractivity contribution >= 4 is 10.4 Å². The van der Waals surface area contributed by atoms with Crippen LogP contribution in [-0.2, 0) is 10.4 Å². The summed E-state index contributed by atoms with van der Waals surface area (Å²) in [6.45, 7) is -0.0289. The first kappa shape index (κ1) is 7.90. The highest BCUT2D eigenvalue weighted by molar-refractivity contribution is 7.83. The molecule has 0 radical (unpaired) electrons. The Kier molecular flexibility index (Phi) is 1.93. The first-order valence-electron chi connectivity index (χ1n) is 2.88. The molecule has 0 aromatic heterocycles. The van der Waals surface area contributed by atoms with Crippen molar-refractivity contribution in [3.63, 3.8) is 0 Å². The Morgan fingerprint density at radius 2 is 2.20 bits per heavy atom. The van der Waals surface area contributed by atoms with Crippen molar-refractivity contribution < 1.29 is 17.4 Å². The molecule has 1 atom stereocenters. The minimum absolute atomic E-state index is 0.0833. The molecule has 4 nitrogen and oxygen atoms in total.